The number of pyridine rings is 1. The highest BCUT2D eigenvalue weighted by molar-refractivity contribution is 7.94. The molecule has 0 fully saturated rings. The molecule has 0 spiro atoms. The predicted molar refractivity (Wildman–Crippen MR) is 98.4 cm³/mol. The predicted octanol–water partition coefficient (Wildman–Crippen LogP) is 3.76. The summed E-state index contributed by atoms with van der Waals surface area (Å²) in [5.41, 5.74) is 3.81. The van der Waals surface area contributed by atoms with Crippen LogP contribution in [0, 0.1) is 12.9 Å². The van der Waals surface area contributed by atoms with Crippen molar-refractivity contribution >= 4 is 27.1 Å². The van der Waals surface area contributed by atoms with Crippen LogP contribution in [-0.4, -0.2) is 24.7 Å². The first kappa shape index (κ1) is 17.7. The Morgan fingerprint density at radius 3 is 2.64 bits per heavy atom. The Labute approximate surface area is 147 Å². The van der Waals surface area contributed by atoms with Crippen molar-refractivity contribution < 1.29 is 12.8 Å². The fraction of sp³-hybridized carbons (Fsp3) is 0.389. The molecule has 134 valence electrons. The molecule has 0 aliphatic carbocycles. The fourth-order valence-electron chi connectivity index (χ4n) is 2.80. The number of aromatic nitrogens is 1. The zero-order valence-corrected chi connectivity index (χ0v) is 15.6. The molecule has 2 heterocycles. The average Bonchev–Trinajstić information content (AvgIpc) is 2.93. The minimum Gasteiger partial charge on any atom is -0.355 e. The van der Waals surface area contributed by atoms with Gasteiger partial charge in [-0.25, -0.2) is 13.4 Å². The molecule has 0 amide bonds. The maximum absolute atomic E-state index is 13.4. The summed E-state index contributed by atoms with van der Waals surface area (Å²) in [6, 6.07) is 6.93. The molecule has 1 aliphatic rings. The van der Waals surface area contributed by atoms with E-state index in [9.17, 15) is 12.8 Å². The normalized spacial score (nSPS) is 14.5. The summed E-state index contributed by atoms with van der Waals surface area (Å²) in [6.07, 6.45) is 2.15. The van der Waals surface area contributed by atoms with Crippen molar-refractivity contribution in [2.75, 3.05) is 16.2 Å². The Morgan fingerprint density at radius 1 is 1.24 bits per heavy atom. The number of fused-ring (bicyclic) bond motifs is 1. The van der Waals surface area contributed by atoms with Gasteiger partial charge >= 0.3 is 0 Å². The number of anilines is 3. The Kier molecular flexibility index (Phi) is 4.23. The van der Waals surface area contributed by atoms with Gasteiger partial charge in [0.2, 0.25) is 16.0 Å². The zero-order valence-electron chi connectivity index (χ0n) is 14.8. The van der Waals surface area contributed by atoms with Gasteiger partial charge in [0.1, 0.15) is 0 Å². The molecule has 2 aromatic rings. The quantitative estimate of drug-likeness (QED) is 0.844. The first-order chi connectivity index (χ1) is 11.6. The highest BCUT2D eigenvalue weighted by Gasteiger charge is 2.38. The molecule has 0 unspecified atom stereocenters. The van der Waals surface area contributed by atoms with E-state index in [1.54, 1.807) is 20.8 Å². The van der Waals surface area contributed by atoms with Crippen molar-refractivity contribution in [2.45, 2.75) is 38.9 Å². The number of nitrogens with one attached hydrogen (secondary N) is 1. The van der Waals surface area contributed by atoms with Gasteiger partial charge in [0.05, 0.1) is 10.4 Å². The van der Waals surface area contributed by atoms with Gasteiger partial charge in [-0.1, -0.05) is 6.07 Å². The third kappa shape index (κ3) is 3.20. The van der Waals surface area contributed by atoms with E-state index in [1.807, 2.05) is 25.1 Å². The lowest BCUT2D eigenvalue weighted by atomic mass is 10.1. The summed E-state index contributed by atoms with van der Waals surface area (Å²) >= 11 is 0. The van der Waals surface area contributed by atoms with Crippen LogP contribution in [0.2, 0.25) is 0 Å². The number of hydrogen-bond acceptors (Lipinski definition) is 4. The van der Waals surface area contributed by atoms with E-state index in [-0.39, 0.29) is 0 Å². The summed E-state index contributed by atoms with van der Waals surface area (Å²) in [5.74, 6) is -0.564. The molecule has 1 aromatic heterocycles. The monoisotopic (exact) mass is 363 g/mol. The molecular formula is C18H22FN3O2S. The minimum absolute atomic E-state index is 0.446. The fourth-order valence-corrected chi connectivity index (χ4v) is 4.22. The van der Waals surface area contributed by atoms with Crippen LogP contribution in [0.4, 0.5) is 21.5 Å². The second-order valence-electron chi connectivity index (χ2n) is 7.23. The molecule has 0 bridgehead atoms. The highest BCUT2D eigenvalue weighted by atomic mass is 32.2. The van der Waals surface area contributed by atoms with Crippen molar-refractivity contribution in [1.29, 1.82) is 0 Å². The molecule has 1 N–H and O–H groups in total. The van der Waals surface area contributed by atoms with Gasteiger partial charge in [0.25, 0.3) is 0 Å². The molecule has 1 aliphatic heterocycles. The molecule has 25 heavy (non-hydrogen) atoms. The first-order valence-electron chi connectivity index (χ1n) is 8.14. The van der Waals surface area contributed by atoms with Crippen LogP contribution in [0.5, 0.6) is 0 Å². The summed E-state index contributed by atoms with van der Waals surface area (Å²) < 4.78 is 39.7. The van der Waals surface area contributed by atoms with E-state index in [2.05, 4.69) is 10.3 Å². The molecule has 3 rings (SSSR count). The van der Waals surface area contributed by atoms with Crippen LogP contribution in [0.1, 0.15) is 31.9 Å². The summed E-state index contributed by atoms with van der Waals surface area (Å²) in [5, 5.41) is 3.15. The van der Waals surface area contributed by atoms with Gasteiger partial charge in [0, 0.05) is 30.2 Å². The molecule has 1 aromatic carbocycles. The number of sulfonamides is 1. The second kappa shape index (κ2) is 5.98. The maximum Gasteiger partial charge on any atom is 0.240 e. The van der Waals surface area contributed by atoms with Gasteiger partial charge in [-0.05, 0) is 57.4 Å². The lowest BCUT2D eigenvalue weighted by Crippen LogP contribution is -2.42. The second-order valence-corrected chi connectivity index (χ2v) is 9.85. The number of rotatable bonds is 3. The number of hydrogen-bond donors (Lipinski definition) is 1. The van der Waals surface area contributed by atoms with Gasteiger partial charge in [-0.3, -0.25) is 4.31 Å². The Balaban J connectivity index is 1.97. The van der Waals surface area contributed by atoms with E-state index < -0.39 is 20.7 Å². The van der Waals surface area contributed by atoms with E-state index in [4.69, 9.17) is 0 Å². The Hall–Kier alpha value is -2.15. The van der Waals surface area contributed by atoms with Crippen molar-refractivity contribution in [3.05, 3.63) is 47.5 Å². The van der Waals surface area contributed by atoms with Crippen LogP contribution in [0.15, 0.2) is 30.5 Å². The van der Waals surface area contributed by atoms with E-state index >= 15 is 0 Å². The summed E-state index contributed by atoms with van der Waals surface area (Å²) in [4.78, 5) is 3.62. The zero-order chi connectivity index (χ0) is 18.4. The SMILES string of the molecule is Cc1cnc(F)cc1Nc1ccc2c(c1)N(S(=O)(=O)C(C)(C)C)CC2. The number of aryl methyl sites for hydroxylation is 1. The van der Waals surface area contributed by atoms with Gasteiger partial charge in [0.15, 0.2) is 0 Å². The van der Waals surface area contributed by atoms with Crippen LogP contribution >= 0.6 is 0 Å². The van der Waals surface area contributed by atoms with Crippen LogP contribution in [0.25, 0.3) is 0 Å². The van der Waals surface area contributed by atoms with E-state index in [0.717, 1.165) is 11.1 Å². The van der Waals surface area contributed by atoms with Gasteiger partial charge < -0.3 is 5.32 Å². The first-order valence-corrected chi connectivity index (χ1v) is 9.58. The Bertz CT molecular complexity index is 920. The smallest absolute Gasteiger partial charge is 0.240 e. The molecule has 5 nitrogen and oxygen atoms in total. The molecule has 0 atom stereocenters. The minimum atomic E-state index is -3.46. The number of nitrogens with zero attached hydrogens (tertiary/aromatic N) is 2. The van der Waals surface area contributed by atoms with Crippen molar-refractivity contribution in [1.82, 2.24) is 4.98 Å². The number of halogens is 1. The molecule has 0 radical (unpaired) electrons. The van der Waals surface area contributed by atoms with E-state index in [1.165, 1.54) is 16.6 Å². The van der Waals surface area contributed by atoms with Crippen molar-refractivity contribution in [3.8, 4) is 0 Å². The van der Waals surface area contributed by atoms with Crippen LogP contribution in [0.3, 0.4) is 0 Å². The van der Waals surface area contributed by atoms with E-state index in [0.29, 0.717) is 30.0 Å². The average molecular weight is 363 g/mol. The van der Waals surface area contributed by atoms with Crippen molar-refractivity contribution in [3.63, 3.8) is 0 Å². The highest BCUT2D eigenvalue weighted by Crippen LogP contribution is 2.37. The van der Waals surface area contributed by atoms with Gasteiger partial charge in [-0.2, -0.15) is 4.39 Å². The van der Waals surface area contributed by atoms with Crippen LogP contribution < -0.4 is 9.62 Å². The number of benzene rings is 1. The molecule has 7 heteroatoms. The molecular weight excluding hydrogens is 341 g/mol. The standard InChI is InChI=1S/C18H22FN3O2S/c1-12-11-20-17(19)10-15(12)21-14-6-5-13-7-8-22(16(13)9-14)25(23,24)18(2,3)4/h5-6,9-11H,7-8H2,1-4H3,(H,20,21). The summed E-state index contributed by atoms with van der Waals surface area (Å²) in [7, 11) is -3.46. The maximum atomic E-state index is 13.4. The topological polar surface area (TPSA) is 62.3 Å². The Morgan fingerprint density at radius 2 is 1.96 bits per heavy atom. The summed E-state index contributed by atoms with van der Waals surface area (Å²) in [6.45, 7) is 7.38. The lowest BCUT2D eigenvalue weighted by Gasteiger charge is -2.28. The van der Waals surface area contributed by atoms with Gasteiger partial charge in [-0.15, -0.1) is 0 Å². The third-order valence-corrected chi connectivity index (χ3v) is 6.86. The van der Waals surface area contributed by atoms with Crippen LogP contribution in [-0.2, 0) is 16.4 Å². The lowest BCUT2D eigenvalue weighted by molar-refractivity contribution is 0.556. The molecule has 0 saturated heterocycles. The largest absolute Gasteiger partial charge is 0.355 e. The third-order valence-electron chi connectivity index (χ3n) is 4.35. The molecule has 0 saturated carbocycles. The van der Waals surface area contributed by atoms with Crippen molar-refractivity contribution in [2.24, 2.45) is 0 Å².